The summed E-state index contributed by atoms with van der Waals surface area (Å²) in [5.41, 5.74) is 11.0. The van der Waals surface area contributed by atoms with Crippen molar-refractivity contribution in [1.82, 2.24) is 0 Å². The van der Waals surface area contributed by atoms with Gasteiger partial charge in [-0.05, 0) is 32.0 Å². The van der Waals surface area contributed by atoms with E-state index in [-0.39, 0.29) is 12.1 Å². The molecule has 4 N–H and O–H groups in total. The molecule has 0 aliphatic rings. The molecule has 0 fully saturated rings. The molecule has 0 spiro atoms. The molecule has 0 radical (unpaired) electrons. The maximum absolute atomic E-state index is 5.89. The lowest BCUT2D eigenvalue weighted by Crippen LogP contribution is -2.21. The lowest BCUT2D eigenvalue weighted by Gasteiger charge is -2.12. The maximum Gasteiger partial charge on any atom is 0.211 e. The highest BCUT2D eigenvalue weighted by Gasteiger charge is 2.04. The summed E-state index contributed by atoms with van der Waals surface area (Å²) in [5.74, 6) is 0.577. The van der Waals surface area contributed by atoms with E-state index in [1.807, 2.05) is 13.8 Å². The van der Waals surface area contributed by atoms with E-state index in [9.17, 15) is 0 Å². The Bertz CT molecular complexity index is 439. The van der Waals surface area contributed by atoms with Crippen molar-refractivity contribution in [2.45, 2.75) is 20.0 Å². The third kappa shape index (κ3) is 4.74. The molecule has 0 atom stereocenters. The van der Waals surface area contributed by atoms with E-state index in [1.165, 1.54) is 6.21 Å². The molecule has 0 saturated carbocycles. The monoisotopic (exact) mass is 254 g/mol. The molecule has 6 heteroatoms. The molecule has 0 unspecified atom stereocenters. The maximum atomic E-state index is 5.89. The van der Waals surface area contributed by atoms with Crippen LogP contribution in [0.4, 0.5) is 0 Å². The van der Waals surface area contributed by atoms with Gasteiger partial charge in [-0.1, -0.05) is 11.6 Å². The van der Waals surface area contributed by atoms with E-state index in [0.29, 0.717) is 10.8 Å². The van der Waals surface area contributed by atoms with Gasteiger partial charge >= 0.3 is 0 Å². The Balaban J connectivity index is 2.98. The number of halogens is 1. The van der Waals surface area contributed by atoms with Gasteiger partial charge in [-0.2, -0.15) is 5.10 Å². The Morgan fingerprint density at radius 2 is 2.12 bits per heavy atom. The molecule has 0 bridgehead atoms. The summed E-state index contributed by atoms with van der Waals surface area (Å²) in [5, 5.41) is 7.83. The second kappa shape index (κ2) is 6.10. The molecule has 5 nitrogen and oxygen atoms in total. The minimum absolute atomic E-state index is 0.0615. The fraction of sp³-hybridized carbons (Fsp3) is 0.273. The number of rotatable bonds is 4. The Morgan fingerprint density at radius 1 is 1.41 bits per heavy atom. The third-order valence-electron chi connectivity index (χ3n) is 1.70. The van der Waals surface area contributed by atoms with Crippen LogP contribution >= 0.6 is 11.6 Å². The Kier molecular flexibility index (Phi) is 4.78. The third-order valence-corrected chi connectivity index (χ3v) is 1.94. The zero-order chi connectivity index (χ0) is 12.8. The van der Waals surface area contributed by atoms with Crippen LogP contribution in [0, 0.1) is 0 Å². The largest absolute Gasteiger partial charge is 0.490 e. The number of benzene rings is 1. The fourth-order valence-electron chi connectivity index (χ4n) is 1.14. The average Bonchev–Trinajstić information content (AvgIpc) is 2.21. The standard InChI is InChI=1S/C11H15ClN4O/c1-7(2)17-10-4-3-9(12)5-8(10)6-15-16-11(13)14/h3-7H,1-2H3,(H4,13,14,16). The number of nitrogens with two attached hydrogens (primary N) is 2. The molecular weight excluding hydrogens is 240 g/mol. The van der Waals surface area contributed by atoms with Gasteiger partial charge in [-0.25, -0.2) is 0 Å². The van der Waals surface area contributed by atoms with Crippen LogP contribution < -0.4 is 16.2 Å². The van der Waals surface area contributed by atoms with Crippen LogP contribution in [-0.4, -0.2) is 18.3 Å². The number of ether oxygens (including phenoxy) is 1. The first kappa shape index (κ1) is 13.3. The molecule has 0 aliphatic carbocycles. The number of hydrogen-bond acceptors (Lipinski definition) is 3. The van der Waals surface area contributed by atoms with Crippen molar-refractivity contribution in [1.29, 1.82) is 0 Å². The predicted octanol–water partition coefficient (Wildman–Crippen LogP) is 1.73. The van der Waals surface area contributed by atoms with Crippen LogP contribution in [0.25, 0.3) is 0 Å². The lowest BCUT2D eigenvalue weighted by molar-refractivity contribution is 0.242. The molecule has 1 aromatic carbocycles. The topological polar surface area (TPSA) is 86.0 Å². The first-order valence-electron chi connectivity index (χ1n) is 5.07. The normalized spacial score (nSPS) is 10.8. The molecule has 1 aromatic rings. The van der Waals surface area contributed by atoms with Gasteiger partial charge in [-0.3, -0.25) is 0 Å². The highest BCUT2D eigenvalue weighted by atomic mass is 35.5. The molecule has 17 heavy (non-hydrogen) atoms. The van der Waals surface area contributed by atoms with Crippen molar-refractivity contribution >= 4 is 23.8 Å². The molecule has 0 aliphatic heterocycles. The van der Waals surface area contributed by atoms with Gasteiger partial charge in [0.1, 0.15) is 5.75 Å². The van der Waals surface area contributed by atoms with Crippen LogP contribution in [0.15, 0.2) is 28.4 Å². The molecule has 0 saturated heterocycles. The summed E-state index contributed by atoms with van der Waals surface area (Å²) < 4.78 is 5.60. The second-order valence-electron chi connectivity index (χ2n) is 3.62. The quantitative estimate of drug-likeness (QED) is 0.487. The van der Waals surface area contributed by atoms with E-state index in [1.54, 1.807) is 18.2 Å². The SMILES string of the molecule is CC(C)Oc1ccc(Cl)cc1C=NN=C(N)N. The average molecular weight is 255 g/mol. The molecule has 0 heterocycles. The Hall–Kier alpha value is -1.75. The van der Waals surface area contributed by atoms with E-state index >= 15 is 0 Å². The summed E-state index contributed by atoms with van der Waals surface area (Å²) in [4.78, 5) is 0. The Labute approximate surface area is 105 Å². The van der Waals surface area contributed by atoms with Crippen molar-refractivity contribution in [3.05, 3.63) is 28.8 Å². The van der Waals surface area contributed by atoms with Gasteiger partial charge in [0.25, 0.3) is 0 Å². The number of hydrogen-bond donors (Lipinski definition) is 2. The van der Waals surface area contributed by atoms with E-state index in [2.05, 4.69) is 10.2 Å². The molecule has 0 amide bonds. The van der Waals surface area contributed by atoms with Gasteiger partial charge < -0.3 is 16.2 Å². The van der Waals surface area contributed by atoms with Crippen LogP contribution in [0.3, 0.4) is 0 Å². The van der Waals surface area contributed by atoms with Crippen molar-refractivity contribution in [2.75, 3.05) is 0 Å². The second-order valence-corrected chi connectivity index (χ2v) is 4.05. The van der Waals surface area contributed by atoms with Gasteiger partial charge in [-0.15, -0.1) is 5.10 Å². The van der Waals surface area contributed by atoms with Gasteiger partial charge in [0.15, 0.2) is 0 Å². The zero-order valence-electron chi connectivity index (χ0n) is 9.72. The smallest absolute Gasteiger partial charge is 0.211 e. The van der Waals surface area contributed by atoms with Crippen molar-refractivity contribution < 1.29 is 4.74 Å². The van der Waals surface area contributed by atoms with Crippen LogP contribution in [0.2, 0.25) is 5.02 Å². The Morgan fingerprint density at radius 3 is 2.71 bits per heavy atom. The molecule has 1 rings (SSSR count). The lowest BCUT2D eigenvalue weighted by atomic mass is 10.2. The minimum atomic E-state index is -0.102. The predicted molar refractivity (Wildman–Crippen MR) is 70.6 cm³/mol. The summed E-state index contributed by atoms with van der Waals surface area (Å²) in [6, 6.07) is 5.25. The minimum Gasteiger partial charge on any atom is -0.490 e. The van der Waals surface area contributed by atoms with Crippen molar-refractivity contribution in [3.8, 4) is 5.75 Å². The summed E-state index contributed by atoms with van der Waals surface area (Å²) in [6.45, 7) is 3.87. The molecular formula is C11H15ClN4O. The fourth-order valence-corrected chi connectivity index (χ4v) is 1.32. The summed E-state index contributed by atoms with van der Waals surface area (Å²) in [6.07, 6.45) is 1.55. The van der Waals surface area contributed by atoms with Crippen LogP contribution in [0.5, 0.6) is 5.75 Å². The molecule has 0 aromatic heterocycles. The van der Waals surface area contributed by atoms with Gasteiger partial charge in [0, 0.05) is 10.6 Å². The summed E-state index contributed by atoms with van der Waals surface area (Å²) in [7, 11) is 0. The van der Waals surface area contributed by atoms with E-state index < -0.39 is 0 Å². The van der Waals surface area contributed by atoms with E-state index in [4.69, 9.17) is 27.8 Å². The zero-order valence-corrected chi connectivity index (χ0v) is 10.5. The van der Waals surface area contributed by atoms with Crippen molar-refractivity contribution in [3.63, 3.8) is 0 Å². The van der Waals surface area contributed by atoms with E-state index in [0.717, 1.165) is 5.56 Å². The van der Waals surface area contributed by atoms with Crippen LogP contribution in [0.1, 0.15) is 19.4 Å². The van der Waals surface area contributed by atoms with Gasteiger partial charge in [0.2, 0.25) is 5.96 Å². The first-order valence-corrected chi connectivity index (χ1v) is 5.45. The van der Waals surface area contributed by atoms with Gasteiger partial charge in [0.05, 0.1) is 12.3 Å². The van der Waals surface area contributed by atoms with Crippen molar-refractivity contribution in [2.24, 2.45) is 21.7 Å². The number of guanidine groups is 1. The molecule has 92 valence electrons. The highest BCUT2D eigenvalue weighted by molar-refractivity contribution is 6.30. The number of nitrogens with zero attached hydrogens (tertiary/aromatic N) is 2. The van der Waals surface area contributed by atoms with Crippen LogP contribution in [-0.2, 0) is 0 Å². The summed E-state index contributed by atoms with van der Waals surface area (Å²) >= 11 is 5.89. The highest BCUT2D eigenvalue weighted by Crippen LogP contribution is 2.22. The first-order chi connectivity index (χ1) is 7.99.